The predicted molar refractivity (Wildman–Crippen MR) is 109 cm³/mol. The summed E-state index contributed by atoms with van der Waals surface area (Å²) in [6.45, 7) is 0.319. The lowest BCUT2D eigenvalue weighted by Gasteiger charge is -2.08. The number of methoxy groups -OCH3 is 1. The monoisotopic (exact) mass is 374 g/mol. The summed E-state index contributed by atoms with van der Waals surface area (Å²) in [5.74, 6) is 0.241. The minimum Gasteiger partial charge on any atom is -0.497 e. The molecule has 5 heteroatoms. The molecule has 0 fully saturated rings. The number of carbonyl (C=O) groups excluding carboxylic acids is 2. The van der Waals surface area contributed by atoms with Crippen LogP contribution in [0.1, 0.15) is 15.9 Å². The van der Waals surface area contributed by atoms with Crippen LogP contribution in [0.3, 0.4) is 0 Å². The van der Waals surface area contributed by atoms with Gasteiger partial charge in [0.2, 0.25) is 5.91 Å². The zero-order chi connectivity index (χ0) is 19.8. The van der Waals surface area contributed by atoms with Crippen LogP contribution in [0.15, 0.2) is 78.9 Å². The smallest absolute Gasteiger partial charge is 0.251 e. The molecule has 0 atom stereocenters. The Hall–Kier alpha value is -3.60. The van der Waals surface area contributed by atoms with Crippen molar-refractivity contribution in [2.24, 2.45) is 0 Å². The number of benzene rings is 3. The van der Waals surface area contributed by atoms with Gasteiger partial charge in [-0.15, -0.1) is 0 Å². The van der Waals surface area contributed by atoms with Gasteiger partial charge in [-0.25, -0.2) is 0 Å². The molecule has 28 heavy (non-hydrogen) atoms. The quantitative estimate of drug-likeness (QED) is 0.666. The van der Waals surface area contributed by atoms with E-state index < -0.39 is 0 Å². The van der Waals surface area contributed by atoms with Crippen LogP contribution in [-0.4, -0.2) is 25.5 Å². The molecule has 0 aliphatic carbocycles. The van der Waals surface area contributed by atoms with Crippen molar-refractivity contribution in [2.45, 2.75) is 6.54 Å². The van der Waals surface area contributed by atoms with Crippen molar-refractivity contribution in [3.8, 4) is 16.9 Å². The van der Waals surface area contributed by atoms with Gasteiger partial charge in [0, 0.05) is 12.1 Å². The first-order chi connectivity index (χ1) is 13.7. The van der Waals surface area contributed by atoms with E-state index in [9.17, 15) is 9.59 Å². The molecule has 0 spiro atoms. The maximum atomic E-state index is 12.2. The first-order valence-corrected chi connectivity index (χ1v) is 8.99. The molecule has 2 N–H and O–H groups in total. The van der Waals surface area contributed by atoms with Gasteiger partial charge >= 0.3 is 0 Å². The first kappa shape index (κ1) is 19.2. The summed E-state index contributed by atoms with van der Waals surface area (Å²) in [5, 5.41) is 5.42. The average molecular weight is 374 g/mol. The molecule has 0 saturated carbocycles. The van der Waals surface area contributed by atoms with Crippen molar-refractivity contribution in [1.29, 1.82) is 0 Å². The highest BCUT2D eigenvalue weighted by molar-refractivity contribution is 5.96. The van der Waals surface area contributed by atoms with Gasteiger partial charge in [0.25, 0.3) is 5.91 Å². The Morgan fingerprint density at radius 1 is 0.786 bits per heavy atom. The molecule has 0 aliphatic rings. The molecule has 0 bridgehead atoms. The number of ether oxygens (including phenoxy) is 1. The van der Waals surface area contributed by atoms with Gasteiger partial charge in [-0.05, 0) is 41.0 Å². The molecule has 3 aromatic rings. The topological polar surface area (TPSA) is 67.4 Å². The Kier molecular flexibility index (Phi) is 6.41. The minimum absolute atomic E-state index is 0.0740. The highest BCUT2D eigenvalue weighted by Crippen LogP contribution is 2.19. The lowest BCUT2D eigenvalue weighted by atomic mass is 10.0. The summed E-state index contributed by atoms with van der Waals surface area (Å²) in [6.07, 6.45) is 0. The van der Waals surface area contributed by atoms with E-state index in [-0.39, 0.29) is 18.4 Å². The Labute approximate surface area is 164 Å². The van der Waals surface area contributed by atoms with Crippen LogP contribution < -0.4 is 15.4 Å². The van der Waals surface area contributed by atoms with Crippen LogP contribution in [0.4, 0.5) is 0 Å². The van der Waals surface area contributed by atoms with Crippen LogP contribution in [0.5, 0.6) is 5.75 Å². The summed E-state index contributed by atoms with van der Waals surface area (Å²) in [7, 11) is 1.61. The molecule has 2 amide bonds. The van der Waals surface area contributed by atoms with E-state index in [0.29, 0.717) is 12.1 Å². The number of carbonyl (C=O) groups is 2. The van der Waals surface area contributed by atoms with Gasteiger partial charge in [0.1, 0.15) is 5.75 Å². The molecule has 142 valence electrons. The maximum absolute atomic E-state index is 12.2. The average Bonchev–Trinajstić information content (AvgIpc) is 2.77. The summed E-state index contributed by atoms with van der Waals surface area (Å²) in [4.78, 5) is 24.2. The van der Waals surface area contributed by atoms with E-state index in [4.69, 9.17) is 4.74 Å². The standard InChI is InChI=1S/C23H22N2O3/c1-28-21-13-7-17(8-14-21)15-24-22(26)16-25-23(27)20-11-9-19(10-12-20)18-5-3-2-4-6-18/h2-14H,15-16H2,1H3,(H,24,26)(H,25,27). The lowest BCUT2D eigenvalue weighted by Crippen LogP contribution is -2.36. The van der Waals surface area contributed by atoms with E-state index in [2.05, 4.69) is 10.6 Å². The number of amides is 2. The van der Waals surface area contributed by atoms with Gasteiger partial charge in [-0.3, -0.25) is 9.59 Å². The van der Waals surface area contributed by atoms with Crippen molar-refractivity contribution in [3.05, 3.63) is 90.0 Å². The third-order valence-corrected chi connectivity index (χ3v) is 4.31. The molecule has 0 saturated heterocycles. The van der Waals surface area contributed by atoms with Gasteiger partial charge in [-0.1, -0.05) is 54.6 Å². The van der Waals surface area contributed by atoms with Crippen molar-refractivity contribution < 1.29 is 14.3 Å². The van der Waals surface area contributed by atoms with E-state index in [0.717, 1.165) is 22.4 Å². The highest BCUT2D eigenvalue weighted by atomic mass is 16.5. The maximum Gasteiger partial charge on any atom is 0.251 e. The number of hydrogen-bond acceptors (Lipinski definition) is 3. The second-order valence-corrected chi connectivity index (χ2v) is 6.25. The predicted octanol–water partition coefficient (Wildman–Crippen LogP) is 3.41. The third-order valence-electron chi connectivity index (χ3n) is 4.31. The van der Waals surface area contributed by atoms with Crippen LogP contribution in [0.25, 0.3) is 11.1 Å². The van der Waals surface area contributed by atoms with Crippen LogP contribution in [0.2, 0.25) is 0 Å². The molecule has 3 rings (SSSR count). The second-order valence-electron chi connectivity index (χ2n) is 6.25. The van der Waals surface area contributed by atoms with E-state index in [1.165, 1.54) is 0 Å². The van der Waals surface area contributed by atoms with Crippen molar-refractivity contribution in [2.75, 3.05) is 13.7 Å². The molecular weight excluding hydrogens is 352 g/mol. The van der Waals surface area contributed by atoms with Gasteiger partial charge in [-0.2, -0.15) is 0 Å². The highest BCUT2D eigenvalue weighted by Gasteiger charge is 2.08. The Bertz CT molecular complexity index is 920. The van der Waals surface area contributed by atoms with Gasteiger partial charge < -0.3 is 15.4 Å². The normalized spacial score (nSPS) is 10.2. The molecule has 0 aliphatic heterocycles. The fourth-order valence-corrected chi connectivity index (χ4v) is 2.71. The summed E-state index contributed by atoms with van der Waals surface area (Å²) in [6, 6.07) is 24.7. The summed E-state index contributed by atoms with van der Waals surface area (Å²) >= 11 is 0. The van der Waals surface area contributed by atoms with Crippen LogP contribution in [0, 0.1) is 0 Å². The first-order valence-electron chi connectivity index (χ1n) is 8.99. The van der Waals surface area contributed by atoms with E-state index in [1.807, 2.05) is 66.7 Å². The molecule has 0 heterocycles. The van der Waals surface area contributed by atoms with Gasteiger partial charge in [0.05, 0.1) is 13.7 Å². The van der Waals surface area contributed by atoms with Gasteiger partial charge in [0.15, 0.2) is 0 Å². The fraction of sp³-hybridized carbons (Fsp3) is 0.130. The Morgan fingerprint density at radius 2 is 1.43 bits per heavy atom. The second kappa shape index (κ2) is 9.37. The summed E-state index contributed by atoms with van der Waals surface area (Å²) in [5.41, 5.74) is 3.60. The van der Waals surface area contributed by atoms with Crippen molar-refractivity contribution in [1.82, 2.24) is 10.6 Å². The molecule has 0 radical (unpaired) electrons. The number of rotatable bonds is 7. The van der Waals surface area contributed by atoms with E-state index in [1.54, 1.807) is 19.2 Å². The molecule has 5 nitrogen and oxygen atoms in total. The molecule has 0 unspecified atom stereocenters. The summed E-state index contributed by atoms with van der Waals surface area (Å²) < 4.78 is 5.10. The zero-order valence-corrected chi connectivity index (χ0v) is 15.6. The van der Waals surface area contributed by atoms with Crippen molar-refractivity contribution >= 4 is 11.8 Å². The molecular formula is C23H22N2O3. The third kappa shape index (κ3) is 5.20. The van der Waals surface area contributed by atoms with E-state index >= 15 is 0 Å². The largest absolute Gasteiger partial charge is 0.497 e. The Morgan fingerprint density at radius 3 is 2.07 bits per heavy atom. The van der Waals surface area contributed by atoms with Crippen LogP contribution >= 0.6 is 0 Å². The SMILES string of the molecule is COc1ccc(CNC(=O)CNC(=O)c2ccc(-c3ccccc3)cc2)cc1. The lowest BCUT2D eigenvalue weighted by molar-refractivity contribution is -0.120. The van der Waals surface area contributed by atoms with Crippen LogP contribution in [-0.2, 0) is 11.3 Å². The Balaban J connectivity index is 1.47. The molecule has 3 aromatic carbocycles. The zero-order valence-electron chi connectivity index (χ0n) is 15.6. The van der Waals surface area contributed by atoms with Crippen molar-refractivity contribution in [3.63, 3.8) is 0 Å². The number of nitrogens with one attached hydrogen (secondary N) is 2. The fourth-order valence-electron chi connectivity index (χ4n) is 2.71. The number of hydrogen-bond donors (Lipinski definition) is 2. The molecule has 0 aromatic heterocycles. The minimum atomic E-state index is -0.279.